The average molecular weight is 495 g/mol. The maximum absolute atomic E-state index is 14.3. The summed E-state index contributed by atoms with van der Waals surface area (Å²) in [7, 11) is 0. The SMILES string of the molecule is C[C@H](F)c1nn2cc(-c3cc4c(COc5csc(-c6ccccc6)n5)cc(F)cc4o3)nc2s1. The monoisotopic (exact) mass is 494 g/mol. The summed E-state index contributed by atoms with van der Waals surface area (Å²) < 4.78 is 41.1. The van der Waals surface area contributed by atoms with Crippen LogP contribution in [0.1, 0.15) is 23.7 Å². The second-order valence-corrected chi connectivity index (χ2v) is 9.49. The van der Waals surface area contributed by atoms with Crippen LogP contribution in [0.5, 0.6) is 5.88 Å². The second-order valence-electron chi connectivity index (χ2n) is 7.64. The molecule has 2 aromatic carbocycles. The zero-order chi connectivity index (χ0) is 23.2. The van der Waals surface area contributed by atoms with E-state index in [1.165, 1.54) is 46.2 Å². The van der Waals surface area contributed by atoms with Crippen LogP contribution < -0.4 is 4.74 Å². The molecule has 1 atom stereocenters. The molecule has 0 N–H and O–H groups in total. The Kier molecular flexibility index (Phi) is 5.11. The zero-order valence-corrected chi connectivity index (χ0v) is 19.4. The molecule has 0 aliphatic heterocycles. The van der Waals surface area contributed by atoms with Gasteiger partial charge in [-0.15, -0.1) is 11.3 Å². The third kappa shape index (κ3) is 3.84. The Hall–Kier alpha value is -3.63. The van der Waals surface area contributed by atoms with Crippen molar-refractivity contribution < 1.29 is 17.9 Å². The van der Waals surface area contributed by atoms with Gasteiger partial charge in [-0.25, -0.2) is 23.3 Å². The molecule has 0 amide bonds. The van der Waals surface area contributed by atoms with Crippen molar-refractivity contribution in [2.75, 3.05) is 0 Å². The molecule has 6 rings (SSSR count). The van der Waals surface area contributed by atoms with Crippen LogP contribution >= 0.6 is 22.7 Å². The summed E-state index contributed by atoms with van der Waals surface area (Å²) in [5.41, 5.74) is 2.57. The summed E-state index contributed by atoms with van der Waals surface area (Å²) in [5.74, 6) is 0.516. The van der Waals surface area contributed by atoms with Crippen molar-refractivity contribution in [2.24, 2.45) is 0 Å². The van der Waals surface area contributed by atoms with Crippen molar-refractivity contribution >= 4 is 38.6 Å². The van der Waals surface area contributed by atoms with Gasteiger partial charge in [0.25, 0.3) is 0 Å². The van der Waals surface area contributed by atoms with E-state index < -0.39 is 12.0 Å². The number of hydrogen-bond donors (Lipinski definition) is 0. The minimum atomic E-state index is -1.16. The van der Waals surface area contributed by atoms with Crippen LogP contribution in [0.4, 0.5) is 8.78 Å². The molecular formula is C24H16F2N4O2S2. The number of imidazole rings is 1. The number of thiazole rings is 1. The molecule has 0 radical (unpaired) electrons. The first kappa shape index (κ1) is 20.9. The largest absolute Gasteiger partial charge is 0.472 e. The maximum Gasteiger partial charge on any atom is 0.225 e. The van der Waals surface area contributed by atoms with Crippen molar-refractivity contribution in [1.29, 1.82) is 0 Å². The molecule has 6 nitrogen and oxygen atoms in total. The van der Waals surface area contributed by atoms with Gasteiger partial charge in [0.2, 0.25) is 10.8 Å². The topological polar surface area (TPSA) is 65.5 Å². The number of fused-ring (bicyclic) bond motifs is 2. The van der Waals surface area contributed by atoms with E-state index in [1.807, 2.05) is 35.7 Å². The second kappa shape index (κ2) is 8.30. The summed E-state index contributed by atoms with van der Waals surface area (Å²) >= 11 is 2.66. The lowest BCUT2D eigenvalue weighted by molar-refractivity contribution is 0.297. The maximum atomic E-state index is 14.3. The molecule has 0 aliphatic carbocycles. The van der Waals surface area contributed by atoms with E-state index >= 15 is 0 Å². The molecule has 170 valence electrons. The fraction of sp³-hybridized carbons (Fsp3) is 0.125. The van der Waals surface area contributed by atoms with Crippen LogP contribution in [-0.4, -0.2) is 19.6 Å². The Morgan fingerprint density at radius 1 is 1.15 bits per heavy atom. The van der Waals surface area contributed by atoms with E-state index in [0.717, 1.165) is 16.0 Å². The van der Waals surface area contributed by atoms with Crippen molar-refractivity contribution in [3.8, 4) is 27.9 Å². The molecule has 6 aromatic rings. The lowest BCUT2D eigenvalue weighted by Gasteiger charge is -2.04. The molecule has 0 aliphatic rings. The normalized spacial score (nSPS) is 12.6. The van der Waals surface area contributed by atoms with Crippen LogP contribution in [0.25, 0.3) is 38.0 Å². The summed E-state index contributed by atoms with van der Waals surface area (Å²) in [6.45, 7) is 1.56. The number of hydrogen-bond acceptors (Lipinski definition) is 7. The minimum Gasteiger partial charge on any atom is -0.472 e. The molecule has 0 unspecified atom stereocenters. The van der Waals surface area contributed by atoms with Gasteiger partial charge < -0.3 is 9.15 Å². The molecule has 0 fully saturated rings. The van der Waals surface area contributed by atoms with E-state index in [4.69, 9.17) is 9.15 Å². The summed E-state index contributed by atoms with van der Waals surface area (Å²) in [5, 5.41) is 7.96. The van der Waals surface area contributed by atoms with E-state index in [0.29, 0.717) is 38.4 Å². The Balaban J connectivity index is 1.28. The van der Waals surface area contributed by atoms with E-state index in [-0.39, 0.29) is 6.61 Å². The van der Waals surface area contributed by atoms with E-state index in [1.54, 1.807) is 12.3 Å². The lowest BCUT2D eigenvalue weighted by Crippen LogP contribution is -1.97. The molecular weight excluding hydrogens is 478 g/mol. The Labute approximate surface area is 200 Å². The third-order valence-electron chi connectivity index (χ3n) is 5.22. The van der Waals surface area contributed by atoms with Gasteiger partial charge in [-0.1, -0.05) is 41.7 Å². The Bertz CT molecular complexity index is 1590. The standard InChI is InChI=1S/C24H16F2N4O2S2/c1-13(25)22-29-30-10-18(27-24(30)34-22)20-9-17-15(7-16(26)8-19(17)32-20)11-31-21-12-33-23(28-21)14-5-3-2-4-6-14/h2-10,12-13H,11H2,1H3/t13-/m0/s1. The highest BCUT2D eigenvalue weighted by Gasteiger charge is 2.18. The van der Waals surface area contributed by atoms with Gasteiger partial charge >= 0.3 is 0 Å². The van der Waals surface area contributed by atoms with Gasteiger partial charge in [0.1, 0.15) is 28.7 Å². The fourth-order valence-corrected chi connectivity index (χ4v) is 5.16. The highest BCUT2D eigenvalue weighted by Crippen LogP contribution is 2.33. The molecule has 0 spiro atoms. The highest BCUT2D eigenvalue weighted by molar-refractivity contribution is 7.16. The van der Waals surface area contributed by atoms with Crippen molar-refractivity contribution in [3.05, 3.63) is 76.5 Å². The Morgan fingerprint density at radius 3 is 2.79 bits per heavy atom. The first-order valence-electron chi connectivity index (χ1n) is 10.4. The lowest BCUT2D eigenvalue weighted by atomic mass is 10.1. The zero-order valence-electron chi connectivity index (χ0n) is 17.7. The van der Waals surface area contributed by atoms with Gasteiger partial charge in [-0.2, -0.15) is 5.10 Å². The number of furan rings is 1. The molecule has 34 heavy (non-hydrogen) atoms. The number of aromatic nitrogens is 4. The number of nitrogens with zero attached hydrogens (tertiary/aromatic N) is 4. The first-order chi connectivity index (χ1) is 16.5. The minimum absolute atomic E-state index is 0.128. The number of halogens is 2. The van der Waals surface area contributed by atoms with Gasteiger partial charge in [0.05, 0.1) is 11.6 Å². The van der Waals surface area contributed by atoms with Crippen LogP contribution in [0.3, 0.4) is 0 Å². The van der Waals surface area contributed by atoms with Gasteiger partial charge in [0, 0.05) is 22.6 Å². The predicted octanol–water partition coefficient (Wildman–Crippen LogP) is 7.08. The number of ether oxygens (including phenoxy) is 1. The molecule has 0 bridgehead atoms. The highest BCUT2D eigenvalue weighted by atomic mass is 32.1. The van der Waals surface area contributed by atoms with E-state index in [2.05, 4.69) is 15.1 Å². The predicted molar refractivity (Wildman–Crippen MR) is 127 cm³/mol. The van der Waals surface area contributed by atoms with E-state index in [9.17, 15) is 8.78 Å². The average Bonchev–Trinajstić information content (AvgIpc) is 3.59. The Morgan fingerprint density at radius 2 is 2.00 bits per heavy atom. The molecule has 4 heterocycles. The molecule has 0 saturated carbocycles. The van der Waals surface area contributed by atoms with Gasteiger partial charge in [-0.05, 0) is 19.1 Å². The number of benzene rings is 2. The first-order valence-corrected chi connectivity index (χ1v) is 12.1. The quantitative estimate of drug-likeness (QED) is 0.248. The van der Waals surface area contributed by atoms with Crippen LogP contribution in [0.15, 0.2) is 64.5 Å². The van der Waals surface area contributed by atoms with Crippen LogP contribution in [0, 0.1) is 5.82 Å². The third-order valence-corrected chi connectivity index (χ3v) is 7.17. The smallest absolute Gasteiger partial charge is 0.225 e. The molecule has 10 heteroatoms. The van der Waals surface area contributed by atoms with Crippen molar-refractivity contribution in [1.82, 2.24) is 19.6 Å². The number of rotatable bonds is 6. The summed E-state index contributed by atoms with van der Waals surface area (Å²) in [4.78, 5) is 9.56. The number of alkyl halides is 1. The van der Waals surface area contributed by atoms with Crippen molar-refractivity contribution in [3.63, 3.8) is 0 Å². The van der Waals surface area contributed by atoms with Gasteiger partial charge in [-0.3, -0.25) is 0 Å². The van der Waals surface area contributed by atoms with Crippen LogP contribution in [-0.2, 0) is 6.61 Å². The summed E-state index contributed by atoms with van der Waals surface area (Å²) in [6, 6.07) is 14.4. The van der Waals surface area contributed by atoms with Crippen molar-refractivity contribution in [2.45, 2.75) is 19.7 Å². The fourth-order valence-electron chi connectivity index (χ4n) is 3.61. The van der Waals surface area contributed by atoms with Crippen LogP contribution in [0.2, 0.25) is 0 Å². The van der Waals surface area contributed by atoms with Gasteiger partial charge in [0.15, 0.2) is 16.9 Å². The molecule has 0 saturated heterocycles. The summed E-state index contributed by atoms with van der Waals surface area (Å²) in [6.07, 6.45) is 0.510. The molecule has 4 aromatic heterocycles.